The van der Waals surface area contributed by atoms with E-state index in [1.54, 1.807) is 25.2 Å². The van der Waals surface area contributed by atoms with Crippen molar-refractivity contribution in [3.8, 4) is 6.07 Å². The lowest BCUT2D eigenvalue weighted by Crippen LogP contribution is -2.39. The van der Waals surface area contributed by atoms with Crippen LogP contribution in [0.15, 0.2) is 59.0 Å². The molecule has 0 fully saturated rings. The van der Waals surface area contributed by atoms with Gasteiger partial charge in [-0.25, -0.2) is 0 Å². The fraction of sp³-hybridized carbons (Fsp3) is 0.125. The van der Waals surface area contributed by atoms with Crippen molar-refractivity contribution in [3.05, 3.63) is 65.0 Å². The molecule has 0 aromatic heterocycles. The van der Waals surface area contributed by atoms with Crippen LogP contribution in [-0.2, 0) is 4.84 Å². The molecule has 1 aromatic carbocycles. The standard InChI is InChI=1S/C16H11F3N4O/c1-21-15-22-24-14(11-4-2-3-10(7-11)9-20)13-8-12(16(17,18)19)5-6-23(13)15/h2-8H,1H3,(H,21,22). The summed E-state index contributed by atoms with van der Waals surface area (Å²) in [6, 6.07) is 8.37. The Balaban J connectivity index is 2.15. The van der Waals surface area contributed by atoms with Crippen molar-refractivity contribution in [2.45, 2.75) is 6.18 Å². The zero-order valence-electron chi connectivity index (χ0n) is 12.4. The van der Waals surface area contributed by atoms with Gasteiger partial charge in [0.05, 0.1) is 22.9 Å². The number of hydrogen-bond acceptors (Lipinski definition) is 5. The molecule has 0 radical (unpaired) electrons. The minimum absolute atomic E-state index is 0.136. The number of rotatable bonds is 1. The molecule has 0 atom stereocenters. The number of guanidine groups is 1. The summed E-state index contributed by atoms with van der Waals surface area (Å²) in [6.07, 6.45) is -1.26. The highest BCUT2D eigenvalue weighted by Gasteiger charge is 2.36. The number of alkyl halides is 3. The van der Waals surface area contributed by atoms with Crippen molar-refractivity contribution >= 4 is 11.7 Å². The Bertz CT molecular complexity index is 844. The van der Waals surface area contributed by atoms with Gasteiger partial charge in [-0.3, -0.25) is 4.90 Å². The van der Waals surface area contributed by atoms with Crippen LogP contribution >= 0.6 is 0 Å². The van der Waals surface area contributed by atoms with Crippen LogP contribution in [0.1, 0.15) is 11.1 Å². The van der Waals surface area contributed by atoms with E-state index < -0.39 is 11.7 Å². The van der Waals surface area contributed by atoms with Crippen molar-refractivity contribution in [1.29, 1.82) is 5.26 Å². The van der Waals surface area contributed by atoms with Crippen molar-refractivity contribution in [2.75, 3.05) is 7.05 Å². The summed E-state index contributed by atoms with van der Waals surface area (Å²) in [5.74, 6) is 0.385. The maximum absolute atomic E-state index is 13.0. The molecule has 0 aliphatic carbocycles. The first-order valence-electron chi connectivity index (χ1n) is 6.88. The quantitative estimate of drug-likeness (QED) is 0.859. The topological polar surface area (TPSA) is 60.7 Å². The number of oxime groups is 1. The Kier molecular flexibility index (Phi) is 3.77. The van der Waals surface area contributed by atoms with Gasteiger partial charge in [-0.15, -0.1) is 0 Å². The van der Waals surface area contributed by atoms with Crippen molar-refractivity contribution < 1.29 is 18.0 Å². The van der Waals surface area contributed by atoms with Crippen LogP contribution in [0, 0.1) is 11.3 Å². The fourth-order valence-corrected chi connectivity index (χ4v) is 2.31. The molecule has 2 heterocycles. The molecule has 1 N–H and O–H groups in total. The lowest BCUT2D eigenvalue weighted by atomic mass is 10.0. The normalized spacial score (nSPS) is 16.7. The third kappa shape index (κ3) is 2.72. The van der Waals surface area contributed by atoms with E-state index in [1.807, 2.05) is 6.07 Å². The summed E-state index contributed by atoms with van der Waals surface area (Å²) in [5, 5.41) is 15.6. The molecule has 0 spiro atoms. The summed E-state index contributed by atoms with van der Waals surface area (Å²) < 4.78 is 39.1. The van der Waals surface area contributed by atoms with E-state index in [4.69, 9.17) is 10.1 Å². The van der Waals surface area contributed by atoms with E-state index >= 15 is 0 Å². The van der Waals surface area contributed by atoms with Crippen LogP contribution < -0.4 is 5.32 Å². The van der Waals surface area contributed by atoms with Crippen molar-refractivity contribution in [2.24, 2.45) is 5.16 Å². The molecule has 1 aromatic rings. The smallest absolute Gasteiger partial charge is 0.356 e. The highest BCUT2D eigenvalue weighted by Crippen LogP contribution is 2.36. The molecule has 2 aliphatic heterocycles. The summed E-state index contributed by atoms with van der Waals surface area (Å²) in [4.78, 5) is 6.76. The summed E-state index contributed by atoms with van der Waals surface area (Å²) in [6.45, 7) is 0. The van der Waals surface area contributed by atoms with Gasteiger partial charge in [0, 0.05) is 18.8 Å². The monoisotopic (exact) mass is 332 g/mol. The average Bonchev–Trinajstić information content (AvgIpc) is 2.59. The van der Waals surface area contributed by atoms with Gasteiger partial charge >= 0.3 is 6.18 Å². The largest absolute Gasteiger partial charge is 0.416 e. The maximum Gasteiger partial charge on any atom is 0.416 e. The van der Waals surface area contributed by atoms with Gasteiger partial charge in [0.15, 0.2) is 5.76 Å². The van der Waals surface area contributed by atoms with E-state index in [0.717, 1.165) is 12.2 Å². The maximum atomic E-state index is 13.0. The number of hydrogen-bond donors (Lipinski definition) is 1. The van der Waals surface area contributed by atoms with Gasteiger partial charge in [0.25, 0.3) is 0 Å². The van der Waals surface area contributed by atoms with Crippen LogP contribution in [0.2, 0.25) is 0 Å². The summed E-state index contributed by atoms with van der Waals surface area (Å²) in [7, 11) is 1.58. The van der Waals surface area contributed by atoms with E-state index in [0.29, 0.717) is 11.1 Å². The molecule has 0 unspecified atom stereocenters. The number of benzene rings is 1. The molecule has 0 amide bonds. The van der Waals surface area contributed by atoms with E-state index in [2.05, 4.69) is 10.5 Å². The number of nitrogens with zero attached hydrogens (tertiary/aromatic N) is 3. The molecule has 5 nitrogen and oxygen atoms in total. The molecular formula is C16H11F3N4O. The van der Waals surface area contributed by atoms with Gasteiger partial charge < -0.3 is 10.2 Å². The van der Waals surface area contributed by atoms with Crippen molar-refractivity contribution in [3.63, 3.8) is 0 Å². The highest BCUT2D eigenvalue weighted by molar-refractivity contribution is 5.87. The first-order valence-corrected chi connectivity index (χ1v) is 6.88. The highest BCUT2D eigenvalue weighted by atomic mass is 19.4. The Morgan fingerprint density at radius 2 is 2.12 bits per heavy atom. The molecule has 24 heavy (non-hydrogen) atoms. The number of halogens is 3. The molecular weight excluding hydrogens is 321 g/mol. The molecule has 0 saturated heterocycles. The molecule has 8 heteroatoms. The SMILES string of the molecule is CNC1=NOC(c2cccc(C#N)c2)=C2C=C(C(F)(F)F)C=CN12. The first kappa shape index (κ1) is 15.7. The second-order valence-corrected chi connectivity index (χ2v) is 4.95. The lowest BCUT2D eigenvalue weighted by Gasteiger charge is -2.30. The summed E-state index contributed by atoms with van der Waals surface area (Å²) in [5.41, 5.74) is 0.203. The van der Waals surface area contributed by atoms with E-state index in [1.165, 1.54) is 17.2 Å². The Morgan fingerprint density at radius 3 is 2.79 bits per heavy atom. The number of nitrogens with one attached hydrogen (secondary N) is 1. The second kappa shape index (κ2) is 5.77. The van der Waals surface area contributed by atoms with Crippen LogP contribution in [0.25, 0.3) is 5.76 Å². The molecule has 0 bridgehead atoms. The average molecular weight is 332 g/mol. The Labute approximate surface area is 135 Å². The number of allylic oxidation sites excluding steroid dienone is 3. The van der Waals surface area contributed by atoms with Crippen molar-refractivity contribution in [1.82, 2.24) is 10.2 Å². The van der Waals surface area contributed by atoms with Gasteiger partial charge in [0.2, 0.25) is 5.96 Å². The predicted octanol–water partition coefficient (Wildman–Crippen LogP) is 3.07. The Hall–Kier alpha value is -3.21. The minimum atomic E-state index is -4.48. The molecule has 0 saturated carbocycles. The molecule has 2 aliphatic rings. The van der Waals surface area contributed by atoms with Crippen LogP contribution in [0.5, 0.6) is 0 Å². The Morgan fingerprint density at radius 1 is 1.33 bits per heavy atom. The third-order valence-corrected chi connectivity index (χ3v) is 3.44. The van der Waals surface area contributed by atoms with Gasteiger partial charge in [-0.2, -0.15) is 18.4 Å². The van der Waals surface area contributed by atoms with Crippen LogP contribution in [0.4, 0.5) is 13.2 Å². The molecule has 3 rings (SSSR count). The second-order valence-electron chi connectivity index (χ2n) is 4.95. The predicted molar refractivity (Wildman–Crippen MR) is 80.8 cm³/mol. The van der Waals surface area contributed by atoms with Gasteiger partial charge in [-0.1, -0.05) is 12.1 Å². The number of nitriles is 1. The number of fused-ring (bicyclic) bond motifs is 1. The first-order chi connectivity index (χ1) is 11.4. The molecule has 122 valence electrons. The lowest BCUT2D eigenvalue weighted by molar-refractivity contribution is -0.0885. The van der Waals surface area contributed by atoms with Crippen LogP contribution in [0.3, 0.4) is 0 Å². The van der Waals surface area contributed by atoms with E-state index in [-0.39, 0.29) is 17.4 Å². The third-order valence-electron chi connectivity index (χ3n) is 3.44. The van der Waals surface area contributed by atoms with E-state index in [9.17, 15) is 13.2 Å². The van der Waals surface area contributed by atoms with Crippen LogP contribution in [-0.4, -0.2) is 24.1 Å². The minimum Gasteiger partial charge on any atom is -0.356 e. The van der Waals surface area contributed by atoms with Gasteiger partial charge in [-0.05, 0) is 29.4 Å². The summed E-state index contributed by atoms with van der Waals surface area (Å²) >= 11 is 0. The zero-order valence-corrected chi connectivity index (χ0v) is 12.4. The fourth-order valence-electron chi connectivity index (χ4n) is 2.31. The zero-order chi connectivity index (χ0) is 17.3. The van der Waals surface area contributed by atoms with Gasteiger partial charge in [0.1, 0.15) is 0 Å².